The molecule has 0 aliphatic rings. The Bertz CT molecular complexity index is 319. The molecule has 0 aromatic heterocycles. The van der Waals surface area contributed by atoms with E-state index in [1.54, 1.807) is 11.8 Å². The fraction of sp³-hybridized carbons (Fsp3) is 0.364. The van der Waals surface area contributed by atoms with Gasteiger partial charge in [0.25, 0.3) is 0 Å². The van der Waals surface area contributed by atoms with E-state index >= 15 is 0 Å². The van der Waals surface area contributed by atoms with E-state index in [1.165, 1.54) is 10.1 Å². The summed E-state index contributed by atoms with van der Waals surface area (Å²) in [6, 6.07) is 10.4. The first-order valence-corrected chi connectivity index (χ1v) is 5.37. The highest BCUT2D eigenvalue weighted by Gasteiger charge is 2.12. The van der Waals surface area contributed by atoms with Gasteiger partial charge in [-0.05, 0) is 23.9 Å². The second kappa shape index (κ2) is 7.11. The van der Waals surface area contributed by atoms with Crippen molar-refractivity contribution in [2.24, 2.45) is 0 Å². The van der Waals surface area contributed by atoms with Crippen LogP contribution in [0.5, 0.6) is 0 Å². The van der Waals surface area contributed by atoms with Gasteiger partial charge in [-0.15, -0.1) is 0 Å². The maximum absolute atomic E-state index is 2.12. The van der Waals surface area contributed by atoms with Crippen LogP contribution in [0.1, 0.15) is 0 Å². The van der Waals surface area contributed by atoms with E-state index in [4.69, 9.17) is 0 Å². The second-order valence-corrected chi connectivity index (χ2v) is 4.53. The molecule has 0 N–H and O–H groups in total. The van der Waals surface area contributed by atoms with Crippen molar-refractivity contribution in [1.29, 1.82) is 0 Å². The van der Waals surface area contributed by atoms with Crippen LogP contribution < -0.4 is 24.0 Å². The first kappa shape index (κ1) is 14.8. The lowest BCUT2D eigenvalue weighted by molar-refractivity contribution is -0.466. The third-order valence-electron chi connectivity index (χ3n) is 1.72. The minimum atomic E-state index is 0. The fourth-order valence-corrected chi connectivity index (χ4v) is 2.05. The monoisotopic (exact) mass is 336 g/mol. The Morgan fingerprint density at radius 3 is 2.07 bits per heavy atom. The molecule has 15 heavy (non-hydrogen) atoms. The lowest BCUT2D eigenvalue weighted by Crippen LogP contribution is -3.00. The fourth-order valence-electron chi connectivity index (χ4n) is 1.18. The summed E-state index contributed by atoms with van der Waals surface area (Å²) in [6.07, 6.45) is 0. The van der Waals surface area contributed by atoms with E-state index in [9.17, 15) is 0 Å². The molecule has 0 unspecified atom stereocenters. The highest BCUT2D eigenvalue weighted by Crippen LogP contribution is 2.19. The van der Waals surface area contributed by atoms with Gasteiger partial charge in [-0.25, -0.2) is 0 Å². The number of thioether (sulfide) groups is 1. The minimum absolute atomic E-state index is 0. The summed E-state index contributed by atoms with van der Waals surface area (Å²) in [4.78, 5) is 3.39. The van der Waals surface area contributed by atoms with Gasteiger partial charge in [0.15, 0.2) is 0 Å². The van der Waals surface area contributed by atoms with Gasteiger partial charge in [-0.2, -0.15) is 0 Å². The number of rotatable bonds is 1. The first-order valence-electron chi connectivity index (χ1n) is 4.55. The lowest BCUT2D eigenvalue weighted by atomic mass is 10.4. The van der Waals surface area contributed by atoms with E-state index in [-0.39, 0.29) is 24.0 Å². The van der Waals surface area contributed by atoms with Crippen LogP contribution in [0.2, 0.25) is 0 Å². The van der Waals surface area contributed by atoms with Crippen LogP contribution in [0.3, 0.4) is 0 Å². The normalized spacial score (nSPS) is 9.07. The Kier molecular flexibility index (Phi) is 7.00. The predicted octanol–water partition coefficient (Wildman–Crippen LogP) is -1.03. The molecule has 0 radical (unpaired) electrons. The van der Waals surface area contributed by atoms with Crippen molar-refractivity contribution in [2.75, 3.05) is 28.2 Å². The van der Waals surface area contributed by atoms with Crippen molar-refractivity contribution in [3.05, 3.63) is 30.3 Å². The van der Waals surface area contributed by atoms with Crippen LogP contribution in [0.15, 0.2) is 35.2 Å². The van der Waals surface area contributed by atoms with Crippen molar-refractivity contribution in [1.82, 2.24) is 4.90 Å². The molecule has 0 heterocycles. The topological polar surface area (TPSA) is 6.25 Å². The van der Waals surface area contributed by atoms with Crippen LogP contribution in [0.4, 0.5) is 0 Å². The molecule has 4 heteroatoms. The van der Waals surface area contributed by atoms with Crippen molar-refractivity contribution >= 4 is 16.9 Å². The molecule has 1 aromatic rings. The standard InChI is InChI=1S/C11H17N2S.HI/c1-12(2)11(13(3)4)14-10-8-6-5-7-9-10;/h5-9H,1-4H3;1H/q+1;/p-1. The smallest absolute Gasteiger partial charge is 0.312 e. The summed E-state index contributed by atoms with van der Waals surface area (Å²) in [5, 5.41) is 1.23. The van der Waals surface area contributed by atoms with Crippen molar-refractivity contribution in [2.45, 2.75) is 4.90 Å². The minimum Gasteiger partial charge on any atom is -1.00 e. The molecule has 0 fully saturated rings. The molecular weight excluding hydrogens is 319 g/mol. The first-order chi connectivity index (χ1) is 6.61. The molecule has 1 rings (SSSR count). The third kappa shape index (κ3) is 4.88. The van der Waals surface area contributed by atoms with Crippen LogP contribution >= 0.6 is 11.8 Å². The average molecular weight is 336 g/mol. The largest absolute Gasteiger partial charge is 1.00 e. The second-order valence-electron chi connectivity index (χ2n) is 3.49. The van der Waals surface area contributed by atoms with E-state index in [0.717, 1.165) is 0 Å². The van der Waals surface area contributed by atoms with Gasteiger partial charge in [0.1, 0.15) is 0 Å². The quantitative estimate of drug-likeness (QED) is 0.213. The summed E-state index contributed by atoms with van der Waals surface area (Å²) in [5.41, 5.74) is 0. The summed E-state index contributed by atoms with van der Waals surface area (Å²) in [5.74, 6) is 0. The number of benzene rings is 1. The van der Waals surface area contributed by atoms with E-state index in [0.29, 0.717) is 0 Å². The van der Waals surface area contributed by atoms with Gasteiger partial charge in [-0.1, -0.05) is 18.2 Å². The Hall–Kier alpha value is -0.230. The highest BCUT2D eigenvalue weighted by molar-refractivity contribution is 8.13. The summed E-state index contributed by atoms with van der Waals surface area (Å²) < 4.78 is 2.12. The van der Waals surface area contributed by atoms with Gasteiger partial charge in [0.2, 0.25) is 0 Å². The van der Waals surface area contributed by atoms with Gasteiger partial charge >= 0.3 is 5.17 Å². The molecule has 0 saturated heterocycles. The molecule has 0 saturated carbocycles. The average Bonchev–Trinajstić information content (AvgIpc) is 2.15. The van der Waals surface area contributed by atoms with Gasteiger partial charge in [0, 0.05) is 4.90 Å². The van der Waals surface area contributed by atoms with E-state index in [1.807, 2.05) is 6.07 Å². The number of amidine groups is 1. The van der Waals surface area contributed by atoms with Crippen LogP contribution in [-0.4, -0.2) is 42.8 Å². The number of nitrogens with zero attached hydrogens (tertiary/aromatic N) is 2. The summed E-state index contributed by atoms with van der Waals surface area (Å²) in [7, 11) is 8.24. The molecule has 1 aromatic carbocycles. The molecule has 0 bridgehead atoms. The molecule has 84 valence electrons. The zero-order valence-corrected chi connectivity index (χ0v) is 12.5. The van der Waals surface area contributed by atoms with Gasteiger partial charge in [0.05, 0.1) is 28.2 Å². The van der Waals surface area contributed by atoms with Crippen LogP contribution in [0, 0.1) is 0 Å². The van der Waals surface area contributed by atoms with Crippen LogP contribution in [-0.2, 0) is 0 Å². The molecule has 2 nitrogen and oxygen atoms in total. The zero-order chi connectivity index (χ0) is 10.6. The molecule has 0 atom stereocenters. The Labute approximate surface area is 113 Å². The molecule has 0 aliphatic carbocycles. The zero-order valence-electron chi connectivity index (χ0n) is 9.57. The molecular formula is C11H17IN2S. The van der Waals surface area contributed by atoms with Crippen molar-refractivity contribution in [3.8, 4) is 0 Å². The molecule has 0 aliphatic heterocycles. The Morgan fingerprint density at radius 2 is 1.67 bits per heavy atom. The van der Waals surface area contributed by atoms with E-state index < -0.39 is 0 Å². The van der Waals surface area contributed by atoms with Crippen LogP contribution in [0.25, 0.3) is 0 Å². The maximum atomic E-state index is 2.12. The SMILES string of the molecule is CN(C)C(Sc1ccccc1)=[N+](C)C.[I-]. The molecule has 0 spiro atoms. The Balaban J connectivity index is 0.00000196. The van der Waals surface area contributed by atoms with Crippen molar-refractivity contribution < 1.29 is 28.6 Å². The Morgan fingerprint density at radius 1 is 1.13 bits per heavy atom. The highest BCUT2D eigenvalue weighted by atomic mass is 127. The van der Waals surface area contributed by atoms with E-state index in [2.05, 4.69) is 61.9 Å². The number of hydrogen-bond donors (Lipinski definition) is 0. The third-order valence-corrected chi connectivity index (χ3v) is 3.14. The number of halogens is 1. The van der Waals surface area contributed by atoms with Gasteiger partial charge < -0.3 is 24.0 Å². The summed E-state index contributed by atoms with van der Waals surface area (Å²) in [6.45, 7) is 0. The lowest BCUT2D eigenvalue weighted by Gasteiger charge is -2.10. The predicted molar refractivity (Wildman–Crippen MR) is 63.1 cm³/mol. The summed E-state index contributed by atoms with van der Waals surface area (Å²) >= 11 is 1.77. The molecule has 0 amide bonds. The maximum Gasteiger partial charge on any atom is 0.312 e. The number of hydrogen-bond acceptors (Lipinski definition) is 1. The van der Waals surface area contributed by atoms with Gasteiger partial charge in [-0.3, -0.25) is 9.48 Å². The van der Waals surface area contributed by atoms with Crippen molar-refractivity contribution in [3.63, 3.8) is 0 Å².